The summed E-state index contributed by atoms with van der Waals surface area (Å²) in [7, 11) is 0. The average molecular weight is 508 g/mol. The number of halogens is 3. The molecule has 1 heterocycles. The summed E-state index contributed by atoms with van der Waals surface area (Å²) in [6.45, 7) is 1.30. The maximum Gasteiger partial charge on any atom is 0.417 e. The second kappa shape index (κ2) is 9.46. The highest BCUT2D eigenvalue weighted by Crippen LogP contribution is 2.40. The molecule has 3 aromatic carbocycles. The summed E-state index contributed by atoms with van der Waals surface area (Å²) in [5, 5.41) is 26.5. The van der Waals surface area contributed by atoms with E-state index in [-0.39, 0.29) is 44.8 Å². The molecule has 37 heavy (non-hydrogen) atoms. The quantitative estimate of drug-likeness (QED) is 0.332. The lowest BCUT2D eigenvalue weighted by molar-refractivity contribution is -0.137. The van der Waals surface area contributed by atoms with Gasteiger partial charge in [-0.05, 0) is 53.6 Å². The molecule has 0 saturated heterocycles. The molecule has 0 aliphatic carbocycles. The van der Waals surface area contributed by atoms with Crippen LogP contribution in [0.2, 0.25) is 0 Å². The van der Waals surface area contributed by atoms with E-state index in [0.717, 1.165) is 18.2 Å². The van der Waals surface area contributed by atoms with Crippen molar-refractivity contribution in [1.82, 2.24) is 5.16 Å². The fraction of sp³-hybridized carbons (Fsp3) is 0.0800. The predicted molar refractivity (Wildman–Crippen MR) is 125 cm³/mol. The van der Waals surface area contributed by atoms with Crippen molar-refractivity contribution in [1.29, 1.82) is 5.26 Å². The Kier molecular flexibility index (Phi) is 6.37. The van der Waals surface area contributed by atoms with Crippen LogP contribution in [0.4, 0.5) is 24.5 Å². The number of alkyl halides is 3. The van der Waals surface area contributed by atoms with E-state index in [9.17, 15) is 32.7 Å². The van der Waals surface area contributed by atoms with E-state index in [0.29, 0.717) is 5.69 Å². The van der Waals surface area contributed by atoms with Crippen molar-refractivity contribution >= 4 is 40.1 Å². The van der Waals surface area contributed by atoms with Crippen LogP contribution in [0.25, 0.3) is 22.1 Å². The van der Waals surface area contributed by atoms with Gasteiger partial charge in [0.15, 0.2) is 11.3 Å². The number of carbonyl (C=O) groups excluding carboxylic acids is 2. The van der Waals surface area contributed by atoms with Crippen molar-refractivity contribution in [2.75, 3.05) is 10.6 Å². The summed E-state index contributed by atoms with van der Waals surface area (Å²) in [6, 6.07) is 12.8. The van der Waals surface area contributed by atoms with Gasteiger partial charge in [0, 0.05) is 12.6 Å². The second-order valence-corrected chi connectivity index (χ2v) is 7.81. The van der Waals surface area contributed by atoms with E-state index < -0.39 is 29.3 Å². The van der Waals surface area contributed by atoms with Crippen LogP contribution in [0.3, 0.4) is 0 Å². The third-order valence-corrected chi connectivity index (χ3v) is 5.27. The monoisotopic (exact) mass is 508 g/mol. The predicted octanol–water partition coefficient (Wildman–Crippen LogP) is 5.29. The van der Waals surface area contributed by atoms with Gasteiger partial charge in [0.05, 0.1) is 33.8 Å². The zero-order valence-corrected chi connectivity index (χ0v) is 18.8. The molecule has 0 aliphatic heterocycles. The minimum absolute atomic E-state index is 0.0368. The molecule has 4 aromatic rings. The molecular weight excluding hydrogens is 493 g/mol. The molecule has 0 aliphatic rings. The van der Waals surface area contributed by atoms with Crippen LogP contribution in [-0.4, -0.2) is 28.0 Å². The highest BCUT2D eigenvalue weighted by atomic mass is 19.4. The van der Waals surface area contributed by atoms with Crippen LogP contribution >= 0.6 is 0 Å². The number of aromatic nitrogens is 1. The van der Waals surface area contributed by atoms with Gasteiger partial charge in [-0.2, -0.15) is 18.4 Å². The normalized spacial score (nSPS) is 11.1. The Balaban J connectivity index is 1.76. The van der Waals surface area contributed by atoms with Crippen molar-refractivity contribution in [3.05, 3.63) is 77.0 Å². The number of carbonyl (C=O) groups is 3. The van der Waals surface area contributed by atoms with Gasteiger partial charge >= 0.3 is 12.1 Å². The van der Waals surface area contributed by atoms with Crippen LogP contribution in [0, 0.1) is 11.3 Å². The van der Waals surface area contributed by atoms with Gasteiger partial charge < -0.3 is 20.3 Å². The van der Waals surface area contributed by atoms with Gasteiger partial charge in [-0.15, -0.1) is 0 Å². The molecule has 12 heteroatoms. The van der Waals surface area contributed by atoms with E-state index in [1.54, 1.807) is 6.07 Å². The van der Waals surface area contributed by atoms with Gasteiger partial charge in [-0.25, -0.2) is 4.79 Å². The highest BCUT2D eigenvalue weighted by Gasteiger charge is 2.35. The summed E-state index contributed by atoms with van der Waals surface area (Å²) in [5.74, 6) is -2.77. The molecule has 4 rings (SSSR count). The van der Waals surface area contributed by atoms with Gasteiger partial charge in [-0.3, -0.25) is 9.59 Å². The lowest BCUT2D eigenvalue weighted by Gasteiger charge is -2.14. The largest absolute Gasteiger partial charge is 0.478 e. The first-order valence-electron chi connectivity index (χ1n) is 10.5. The number of hydrogen-bond acceptors (Lipinski definition) is 6. The van der Waals surface area contributed by atoms with Gasteiger partial charge in [0.1, 0.15) is 0 Å². The minimum Gasteiger partial charge on any atom is -0.478 e. The molecule has 0 saturated carbocycles. The van der Waals surface area contributed by atoms with E-state index in [1.807, 2.05) is 0 Å². The SMILES string of the molecule is CC(=O)Nc1ccc(-c2cc3onc(C(=O)Nc4ccc(C#N)cc4C(=O)O)c3cc2C(F)(F)F)cc1. The number of hydrogen-bond donors (Lipinski definition) is 3. The van der Waals surface area contributed by atoms with E-state index in [4.69, 9.17) is 9.78 Å². The number of aromatic carboxylic acids is 1. The van der Waals surface area contributed by atoms with E-state index in [2.05, 4.69) is 15.8 Å². The van der Waals surface area contributed by atoms with Crippen molar-refractivity contribution in [2.24, 2.45) is 0 Å². The number of fused-ring (bicyclic) bond motifs is 1. The van der Waals surface area contributed by atoms with Gasteiger partial charge in [-0.1, -0.05) is 17.3 Å². The summed E-state index contributed by atoms with van der Waals surface area (Å²) < 4.78 is 47.2. The standard InChI is InChI=1S/C25H15F3N4O5/c1-12(33)30-15-5-3-14(4-6-15)16-10-21-18(9-19(16)25(26,27)28)22(32-37-21)23(34)31-20-7-2-13(11-29)8-17(20)24(35)36/h2-10H,1H3,(H,30,33)(H,31,34)(H,35,36). The number of nitrogens with one attached hydrogen (secondary N) is 2. The number of carboxylic acid groups (broad SMARTS) is 1. The number of nitrogens with zero attached hydrogens (tertiary/aromatic N) is 2. The number of anilines is 2. The highest BCUT2D eigenvalue weighted by molar-refractivity contribution is 6.13. The first-order valence-corrected chi connectivity index (χ1v) is 10.5. The van der Waals surface area contributed by atoms with E-state index >= 15 is 0 Å². The molecule has 0 bridgehead atoms. The molecule has 1 aromatic heterocycles. The number of amides is 2. The fourth-order valence-corrected chi connectivity index (χ4v) is 3.64. The number of benzene rings is 3. The summed E-state index contributed by atoms with van der Waals surface area (Å²) in [6.07, 6.45) is -4.81. The Morgan fingerprint density at radius 2 is 1.73 bits per heavy atom. The molecular formula is C25H15F3N4O5. The molecule has 9 nitrogen and oxygen atoms in total. The molecule has 0 spiro atoms. The Morgan fingerprint density at radius 1 is 1.03 bits per heavy atom. The fourth-order valence-electron chi connectivity index (χ4n) is 3.64. The smallest absolute Gasteiger partial charge is 0.417 e. The van der Waals surface area contributed by atoms with Crippen molar-refractivity contribution in [2.45, 2.75) is 13.1 Å². The molecule has 3 N–H and O–H groups in total. The maximum atomic E-state index is 14.0. The van der Waals surface area contributed by atoms with Crippen LogP contribution in [0.5, 0.6) is 0 Å². The van der Waals surface area contributed by atoms with Crippen molar-refractivity contribution in [3.63, 3.8) is 0 Å². The van der Waals surface area contributed by atoms with Crippen LogP contribution in [0.15, 0.2) is 59.1 Å². The number of rotatable bonds is 5. The first kappa shape index (κ1) is 24.9. The zero-order valence-electron chi connectivity index (χ0n) is 18.8. The second-order valence-electron chi connectivity index (χ2n) is 7.81. The Bertz CT molecular complexity index is 1600. The zero-order chi connectivity index (χ0) is 26.9. The van der Waals surface area contributed by atoms with Crippen molar-refractivity contribution in [3.8, 4) is 17.2 Å². The summed E-state index contributed by atoms with van der Waals surface area (Å²) in [5.41, 5.74) is -1.86. The van der Waals surface area contributed by atoms with E-state index in [1.165, 1.54) is 43.3 Å². The molecule has 186 valence electrons. The molecule has 0 fully saturated rings. The van der Waals surface area contributed by atoms with Crippen molar-refractivity contribution < 1.29 is 37.2 Å². The summed E-state index contributed by atoms with van der Waals surface area (Å²) in [4.78, 5) is 35.6. The maximum absolute atomic E-state index is 14.0. The number of carboxylic acids is 1. The van der Waals surface area contributed by atoms with Crippen LogP contribution < -0.4 is 10.6 Å². The molecule has 0 atom stereocenters. The Morgan fingerprint density at radius 3 is 2.32 bits per heavy atom. The minimum atomic E-state index is -4.81. The average Bonchev–Trinajstić information content (AvgIpc) is 3.26. The summed E-state index contributed by atoms with van der Waals surface area (Å²) >= 11 is 0. The molecule has 0 unspecified atom stereocenters. The first-order chi connectivity index (χ1) is 17.5. The third kappa shape index (κ3) is 5.10. The molecule has 2 amide bonds. The van der Waals surface area contributed by atoms with Crippen LogP contribution in [0.1, 0.15) is 38.9 Å². The number of nitriles is 1. The van der Waals surface area contributed by atoms with Gasteiger partial charge in [0.25, 0.3) is 5.91 Å². The molecule has 0 radical (unpaired) electrons. The Labute approximate surface area is 206 Å². The topological polar surface area (TPSA) is 145 Å². The van der Waals surface area contributed by atoms with Crippen LogP contribution in [-0.2, 0) is 11.0 Å². The Hall–Kier alpha value is -5.18. The lowest BCUT2D eigenvalue weighted by Crippen LogP contribution is -2.16. The van der Waals surface area contributed by atoms with Gasteiger partial charge in [0.2, 0.25) is 5.91 Å². The third-order valence-electron chi connectivity index (χ3n) is 5.27. The lowest BCUT2D eigenvalue weighted by atomic mass is 9.96.